The van der Waals surface area contributed by atoms with Gasteiger partial charge in [-0.1, -0.05) is 48.0 Å². The molecule has 4 nitrogen and oxygen atoms in total. The SMILES string of the molecule is C[C@H](NC(=O)COc1ccc(-c2ccc(C#N)cc2)cc1)c1ccc(Cl)cc1. The van der Waals surface area contributed by atoms with Crippen molar-refractivity contribution in [1.82, 2.24) is 5.32 Å². The van der Waals surface area contributed by atoms with E-state index in [0.29, 0.717) is 16.3 Å². The Hall–Kier alpha value is -3.29. The normalized spacial score (nSPS) is 11.3. The molecule has 0 saturated heterocycles. The van der Waals surface area contributed by atoms with Gasteiger partial charge in [0.1, 0.15) is 5.75 Å². The molecule has 5 heteroatoms. The first-order chi connectivity index (χ1) is 13.5. The largest absolute Gasteiger partial charge is 0.484 e. The second kappa shape index (κ2) is 9.07. The number of hydrogen-bond acceptors (Lipinski definition) is 3. The van der Waals surface area contributed by atoms with E-state index in [1.54, 1.807) is 24.3 Å². The van der Waals surface area contributed by atoms with E-state index in [9.17, 15) is 4.79 Å². The van der Waals surface area contributed by atoms with Crippen molar-refractivity contribution in [1.29, 1.82) is 5.26 Å². The van der Waals surface area contributed by atoms with Gasteiger partial charge in [-0.25, -0.2) is 0 Å². The summed E-state index contributed by atoms with van der Waals surface area (Å²) < 4.78 is 5.57. The number of carbonyl (C=O) groups excluding carboxylic acids is 1. The minimum absolute atomic E-state index is 0.0614. The van der Waals surface area contributed by atoms with Crippen LogP contribution in [-0.4, -0.2) is 12.5 Å². The number of benzene rings is 3. The van der Waals surface area contributed by atoms with Gasteiger partial charge in [-0.05, 0) is 60.0 Å². The van der Waals surface area contributed by atoms with Crippen LogP contribution in [0.2, 0.25) is 5.02 Å². The lowest BCUT2D eigenvalue weighted by molar-refractivity contribution is -0.123. The summed E-state index contributed by atoms with van der Waals surface area (Å²) in [5, 5.41) is 12.4. The van der Waals surface area contributed by atoms with Gasteiger partial charge >= 0.3 is 0 Å². The smallest absolute Gasteiger partial charge is 0.258 e. The van der Waals surface area contributed by atoms with E-state index in [4.69, 9.17) is 21.6 Å². The molecule has 0 radical (unpaired) electrons. The molecule has 0 aliphatic carbocycles. The van der Waals surface area contributed by atoms with Crippen LogP contribution >= 0.6 is 11.6 Å². The first-order valence-corrected chi connectivity index (χ1v) is 9.21. The van der Waals surface area contributed by atoms with E-state index in [1.165, 1.54) is 0 Å². The minimum Gasteiger partial charge on any atom is -0.484 e. The topological polar surface area (TPSA) is 62.1 Å². The van der Waals surface area contributed by atoms with E-state index in [0.717, 1.165) is 16.7 Å². The number of carbonyl (C=O) groups is 1. The summed E-state index contributed by atoms with van der Waals surface area (Å²) in [6.07, 6.45) is 0. The molecule has 1 atom stereocenters. The number of nitriles is 1. The van der Waals surface area contributed by atoms with Crippen LogP contribution in [0.25, 0.3) is 11.1 Å². The van der Waals surface area contributed by atoms with E-state index in [-0.39, 0.29) is 18.6 Å². The predicted molar refractivity (Wildman–Crippen MR) is 110 cm³/mol. The van der Waals surface area contributed by atoms with Gasteiger partial charge in [0, 0.05) is 5.02 Å². The van der Waals surface area contributed by atoms with Crippen LogP contribution in [0, 0.1) is 11.3 Å². The third kappa shape index (κ3) is 5.12. The van der Waals surface area contributed by atoms with Crippen molar-refractivity contribution in [2.24, 2.45) is 0 Å². The summed E-state index contributed by atoms with van der Waals surface area (Å²) in [6.45, 7) is 1.85. The van der Waals surface area contributed by atoms with Crippen molar-refractivity contribution in [3.05, 3.63) is 88.9 Å². The number of rotatable bonds is 6. The second-order valence-corrected chi connectivity index (χ2v) is 6.78. The molecule has 0 unspecified atom stereocenters. The molecule has 140 valence electrons. The van der Waals surface area contributed by atoms with Crippen molar-refractivity contribution >= 4 is 17.5 Å². The summed E-state index contributed by atoms with van der Waals surface area (Å²) in [7, 11) is 0. The summed E-state index contributed by atoms with van der Waals surface area (Å²) in [5.74, 6) is 0.422. The van der Waals surface area contributed by atoms with Gasteiger partial charge in [0.15, 0.2) is 6.61 Å². The van der Waals surface area contributed by atoms with Gasteiger partial charge in [0.25, 0.3) is 5.91 Å². The van der Waals surface area contributed by atoms with Crippen molar-refractivity contribution in [3.63, 3.8) is 0 Å². The van der Waals surface area contributed by atoms with E-state index in [1.807, 2.05) is 55.5 Å². The van der Waals surface area contributed by atoms with Gasteiger partial charge in [-0.15, -0.1) is 0 Å². The van der Waals surface area contributed by atoms with Crippen molar-refractivity contribution < 1.29 is 9.53 Å². The van der Waals surface area contributed by atoms with Crippen molar-refractivity contribution in [3.8, 4) is 22.9 Å². The van der Waals surface area contributed by atoms with Crippen LogP contribution in [0.4, 0.5) is 0 Å². The zero-order valence-electron chi connectivity index (χ0n) is 15.4. The summed E-state index contributed by atoms with van der Waals surface area (Å²) >= 11 is 5.88. The molecular formula is C23H19ClN2O2. The average molecular weight is 391 g/mol. The molecule has 1 N–H and O–H groups in total. The number of ether oxygens (including phenoxy) is 1. The maximum atomic E-state index is 12.1. The Morgan fingerprint density at radius 2 is 1.57 bits per heavy atom. The van der Waals surface area contributed by atoms with E-state index >= 15 is 0 Å². The molecule has 3 aromatic carbocycles. The highest BCUT2D eigenvalue weighted by Crippen LogP contribution is 2.23. The van der Waals surface area contributed by atoms with Gasteiger partial charge in [-0.2, -0.15) is 5.26 Å². The van der Waals surface area contributed by atoms with Crippen LogP contribution < -0.4 is 10.1 Å². The van der Waals surface area contributed by atoms with Gasteiger partial charge < -0.3 is 10.1 Å². The Labute approximate surface area is 169 Å². The molecule has 0 aliphatic rings. The Morgan fingerprint density at radius 3 is 2.14 bits per heavy atom. The molecular weight excluding hydrogens is 372 g/mol. The minimum atomic E-state index is -0.196. The Morgan fingerprint density at radius 1 is 1.00 bits per heavy atom. The summed E-state index contributed by atoms with van der Waals surface area (Å²) in [6, 6.07) is 24.2. The fraction of sp³-hybridized carbons (Fsp3) is 0.130. The molecule has 0 bridgehead atoms. The molecule has 0 aliphatic heterocycles. The van der Waals surface area contributed by atoms with Crippen LogP contribution in [0.15, 0.2) is 72.8 Å². The van der Waals surface area contributed by atoms with Crippen LogP contribution in [-0.2, 0) is 4.79 Å². The molecule has 28 heavy (non-hydrogen) atoms. The van der Waals surface area contributed by atoms with Gasteiger partial charge in [0.05, 0.1) is 17.7 Å². The summed E-state index contributed by atoms with van der Waals surface area (Å²) in [4.78, 5) is 12.1. The lowest BCUT2D eigenvalue weighted by Crippen LogP contribution is -2.31. The lowest BCUT2D eigenvalue weighted by Gasteiger charge is -2.15. The summed E-state index contributed by atoms with van der Waals surface area (Å²) in [5.41, 5.74) is 3.63. The Kier molecular flexibility index (Phi) is 6.31. The zero-order chi connectivity index (χ0) is 19.9. The first-order valence-electron chi connectivity index (χ1n) is 8.83. The van der Waals surface area contributed by atoms with Gasteiger partial charge in [-0.3, -0.25) is 4.79 Å². The quantitative estimate of drug-likeness (QED) is 0.634. The first kappa shape index (κ1) is 19.5. The van der Waals surface area contributed by atoms with Crippen molar-refractivity contribution in [2.75, 3.05) is 6.61 Å². The highest BCUT2D eigenvalue weighted by Gasteiger charge is 2.10. The number of halogens is 1. The molecule has 1 amide bonds. The Bertz CT molecular complexity index is 975. The van der Waals surface area contributed by atoms with Crippen LogP contribution in [0.5, 0.6) is 5.75 Å². The fourth-order valence-electron chi connectivity index (χ4n) is 2.75. The third-order valence-corrected chi connectivity index (χ3v) is 4.57. The number of nitrogens with zero attached hydrogens (tertiary/aromatic N) is 1. The predicted octanol–water partition coefficient (Wildman–Crippen LogP) is 5.13. The molecule has 0 fully saturated rings. The maximum absolute atomic E-state index is 12.1. The van der Waals surface area contributed by atoms with Crippen LogP contribution in [0.3, 0.4) is 0 Å². The lowest BCUT2D eigenvalue weighted by atomic mass is 10.0. The molecule has 0 saturated carbocycles. The van der Waals surface area contributed by atoms with Gasteiger partial charge in [0.2, 0.25) is 0 Å². The van der Waals surface area contributed by atoms with E-state index in [2.05, 4.69) is 11.4 Å². The Balaban J connectivity index is 1.53. The molecule has 3 rings (SSSR count). The van der Waals surface area contributed by atoms with E-state index < -0.39 is 0 Å². The standard InChI is InChI=1S/C23H19ClN2O2/c1-16(18-6-10-21(24)11-7-18)26-23(27)15-28-22-12-8-20(9-13-22)19-4-2-17(14-25)3-5-19/h2-13,16H,15H2,1H3,(H,26,27)/t16-/m0/s1. The monoisotopic (exact) mass is 390 g/mol. The second-order valence-electron chi connectivity index (χ2n) is 6.34. The molecule has 0 aromatic heterocycles. The molecule has 0 heterocycles. The average Bonchev–Trinajstić information content (AvgIpc) is 2.73. The molecule has 3 aromatic rings. The zero-order valence-corrected chi connectivity index (χ0v) is 16.1. The maximum Gasteiger partial charge on any atom is 0.258 e. The van der Waals surface area contributed by atoms with Crippen molar-refractivity contribution in [2.45, 2.75) is 13.0 Å². The van der Waals surface area contributed by atoms with Crippen LogP contribution in [0.1, 0.15) is 24.1 Å². The number of hydrogen-bond donors (Lipinski definition) is 1. The third-order valence-electron chi connectivity index (χ3n) is 4.32. The fourth-order valence-corrected chi connectivity index (χ4v) is 2.87. The highest BCUT2D eigenvalue weighted by atomic mass is 35.5. The molecule has 0 spiro atoms. The number of nitrogens with one attached hydrogen (secondary N) is 1. The number of amides is 1. The highest BCUT2D eigenvalue weighted by molar-refractivity contribution is 6.30.